The normalized spacial score (nSPS) is 14.4. The zero-order valence-corrected chi connectivity index (χ0v) is 15.6. The van der Waals surface area contributed by atoms with Gasteiger partial charge in [0, 0.05) is 16.6 Å². The van der Waals surface area contributed by atoms with Gasteiger partial charge in [0.2, 0.25) is 5.78 Å². The number of esters is 1. The van der Waals surface area contributed by atoms with E-state index in [-0.39, 0.29) is 5.78 Å². The summed E-state index contributed by atoms with van der Waals surface area (Å²) >= 11 is 0. The van der Waals surface area contributed by atoms with Crippen molar-refractivity contribution in [2.75, 3.05) is 0 Å². The number of ketones is 1. The van der Waals surface area contributed by atoms with Crippen LogP contribution in [0.25, 0.3) is 10.9 Å². The number of carbonyl (C=O) groups is 2. The summed E-state index contributed by atoms with van der Waals surface area (Å²) in [5.74, 6) is -1.30. The molecule has 4 nitrogen and oxygen atoms in total. The third-order valence-electron chi connectivity index (χ3n) is 5.16. The van der Waals surface area contributed by atoms with Crippen LogP contribution in [-0.2, 0) is 17.6 Å². The van der Waals surface area contributed by atoms with E-state index >= 15 is 0 Å². The Kier molecular flexibility index (Phi) is 4.90. The van der Waals surface area contributed by atoms with Crippen LogP contribution < -0.4 is 0 Å². The lowest BCUT2D eigenvalue weighted by atomic mass is 9.90. The molecule has 0 saturated heterocycles. The van der Waals surface area contributed by atoms with E-state index in [1.807, 2.05) is 24.3 Å². The molecule has 4 rings (SSSR count). The molecule has 0 fully saturated rings. The molecule has 3 aromatic rings. The number of carbonyl (C=O) groups excluding carboxylic acids is 2. The lowest BCUT2D eigenvalue weighted by Gasteiger charge is -2.21. The Morgan fingerprint density at radius 3 is 2.54 bits per heavy atom. The van der Waals surface area contributed by atoms with E-state index in [1.54, 1.807) is 6.92 Å². The Morgan fingerprint density at radius 2 is 1.75 bits per heavy atom. The van der Waals surface area contributed by atoms with Crippen molar-refractivity contribution in [3.63, 3.8) is 0 Å². The number of pyridine rings is 1. The van der Waals surface area contributed by atoms with Crippen LogP contribution in [-0.4, -0.2) is 22.8 Å². The SMILES string of the molecule is CC(OC(=O)c1c2c(nc3ccccc13)CCCC2)C(=O)c1ccc(F)cc1. The second kappa shape index (κ2) is 7.50. The maximum Gasteiger partial charge on any atom is 0.339 e. The highest BCUT2D eigenvalue weighted by atomic mass is 19.1. The number of fused-ring (bicyclic) bond motifs is 2. The van der Waals surface area contributed by atoms with Crippen LogP contribution in [0.1, 0.15) is 51.7 Å². The minimum atomic E-state index is -0.968. The predicted octanol–water partition coefficient (Wildman–Crippen LogP) is 4.68. The monoisotopic (exact) mass is 377 g/mol. The number of hydrogen-bond acceptors (Lipinski definition) is 4. The number of para-hydroxylation sites is 1. The van der Waals surface area contributed by atoms with Crippen LogP contribution in [0.3, 0.4) is 0 Å². The summed E-state index contributed by atoms with van der Waals surface area (Å²) in [4.78, 5) is 30.4. The quantitative estimate of drug-likeness (QED) is 0.489. The zero-order valence-electron chi connectivity index (χ0n) is 15.6. The van der Waals surface area contributed by atoms with Crippen LogP contribution in [0, 0.1) is 5.82 Å². The van der Waals surface area contributed by atoms with Crippen molar-refractivity contribution in [2.24, 2.45) is 0 Å². The molecule has 142 valence electrons. The average molecular weight is 377 g/mol. The van der Waals surface area contributed by atoms with Gasteiger partial charge in [0.1, 0.15) is 5.82 Å². The number of hydrogen-bond donors (Lipinski definition) is 0. The maximum atomic E-state index is 13.1. The number of rotatable bonds is 4. The highest BCUT2D eigenvalue weighted by molar-refractivity contribution is 6.07. The third-order valence-corrected chi connectivity index (χ3v) is 5.16. The van der Waals surface area contributed by atoms with E-state index in [0.717, 1.165) is 47.8 Å². The molecule has 28 heavy (non-hydrogen) atoms. The van der Waals surface area contributed by atoms with Gasteiger partial charge in [0.05, 0.1) is 11.1 Å². The number of halogens is 1. The highest BCUT2D eigenvalue weighted by Gasteiger charge is 2.26. The van der Waals surface area contributed by atoms with Crippen molar-refractivity contribution < 1.29 is 18.7 Å². The smallest absolute Gasteiger partial charge is 0.339 e. The van der Waals surface area contributed by atoms with Gasteiger partial charge in [-0.2, -0.15) is 0 Å². The topological polar surface area (TPSA) is 56.3 Å². The first-order chi connectivity index (χ1) is 13.5. The Morgan fingerprint density at radius 1 is 1.04 bits per heavy atom. The number of nitrogens with zero attached hydrogens (tertiary/aromatic N) is 1. The summed E-state index contributed by atoms with van der Waals surface area (Å²) in [6.45, 7) is 1.54. The maximum absolute atomic E-state index is 13.1. The summed E-state index contributed by atoms with van der Waals surface area (Å²) < 4.78 is 18.6. The van der Waals surface area contributed by atoms with Crippen molar-refractivity contribution in [1.29, 1.82) is 0 Å². The molecular formula is C23H20FNO3. The van der Waals surface area contributed by atoms with Crippen molar-refractivity contribution in [1.82, 2.24) is 4.98 Å². The van der Waals surface area contributed by atoms with E-state index < -0.39 is 17.9 Å². The first-order valence-electron chi connectivity index (χ1n) is 9.46. The van der Waals surface area contributed by atoms with Gasteiger partial charge in [0.15, 0.2) is 6.10 Å². The van der Waals surface area contributed by atoms with Crippen LogP contribution >= 0.6 is 0 Å². The molecule has 2 aromatic carbocycles. The largest absolute Gasteiger partial charge is 0.451 e. The molecule has 0 saturated carbocycles. The average Bonchev–Trinajstić information content (AvgIpc) is 2.71. The van der Waals surface area contributed by atoms with Crippen molar-refractivity contribution in [3.05, 3.63) is 76.7 Å². The fraction of sp³-hybridized carbons (Fsp3) is 0.261. The summed E-state index contributed by atoms with van der Waals surface area (Å²) in [5.41, 5.74) is 3.45. The Balaban J connectivity index is 1.67. The molecule has 1 aliphatic carbocycles. The van der Waals surface area contributed by atoms with E-state index in [9.17, 15) is 14.0 Å². The van der Waals surface area contributed by atoms with Gasteiger partial charge < -0.3 is 4.74 Å². The summed E-state index contributed by atoms with van der Waals surface area (Å²) in [5, 5.41) is 0.745. The van der Waals surface area contributed by atoms with E-state index in [2.05, 4.69) is 0 Å². The number of Topliss-reactive ketones (excluding diaryl/α,β-unsaturated/α-hetero) is 1. The molecule has 1 aromatic heterocycles. The minimum absolute atomic E-state index is 0.309. The molecule has 0 aliphatic heterocycles. The van der Waals surface area contributed by atoms with Gasteiger partial charge in [-0.3, -0.25) is 9.78 Å². The van der Waals surface area contributed by atoms with Gasteiger partial charge >= 0.3 is 5.97 Å². The van der Waals surface area contributed by atoms with Crippen LogP contribution in [0.2, 0.25) is 0 Å². The van der Waals surface area contributed by atoms with E-state index in [0.29, 0.717) is 11.1 Å². The van der Waals surface area contributed by atoms with E-state index in [1.165, 1.54) is 24.3 Å². The Hall–Kier alpha value is -3.08. The molecule has 0 amide bonds. The van der Waals surface area contributed by atoms with Crippen molar-refractivity contribution >= 4 is 22.7 Å². The molecule has 0 bridgehead atoms. The van der Waals surface area contributed by atoms with Crippen molar-refractivity contribution in [2.45, 2.75) is 38.7 Å². The Labute approximate surface area is 162 Å². The first-order valence-corrected chi connectivity index (χ1v) is 9.46. The molecule has 1 atom stereocenters. The number of benzene rings is 2. The van der Waals surface area contributed by atoms with Gasteiger partial charge in [-0.1, -0.05) is 18.2 Å². The van der Waals surface area contributed by atoms with Crippen LogP contribution in [0.5, 0.6) is 0 Å². The fourth-order valence-electron chi connectivity index (χ4n) is 3.73. The molecule has 1 aliphatic rings. The Bertz CT molecular complexity index is 1060. The van der Waals surface area contributed by atoms with Gasteiger partial charge in [0.25, 0.3) is 0 Å². The third kappa shape index (κ3) is 3.40. The molecule has 1 unspecified atom stereocenters. The highest BCUT2D eigenvalue weighted by Crippen LogP contribution is 2.30. The van der Waals surface area contributed by atoms with Crippen LogP contribution in [0.15, 0.2) is 48.5 Å². The van der Waals surface area contributed by atoms with Gasteiger partial charge in [-0.25, -0.2) is 9.18 Å². The number of aryl methyl sites for hydroxylation is 1. The lowest BCUT2D eigenvalue weighted by molar-refractivity contribution is 0.0319. The van der Waals surface area contributed by atoms with Gasteiger partial charge in [-0.15, -0.1) is 0 Å². The summed E-state index contributed by atoms with van der Waals surface area (Å²) in [6, 6.07) is 12.7. The second-order valence-electron chi connectivity index (χ2n) is 7.05. The van der Waals surface area contributed by atoms with Gasteiger partial charge in [-0.05, 0) is 68.5 Å². The zero-order chi connectivity index (χ0) is 19.7. The molecule has 0 N–H and O–H groups in total. The predicted molar refractivity (Wildman–Crippen MR) is 104 cm³/mol. The minimum Gasteiger partial charge on any atom is -0.451 e. The standard InChI is InChI=1S/C23H20FNO3/c1-14(22(26)15-10-12-16(24)13-11-15)28-23(27)21-17-6-2-4-8-19(17)25-20-9-5-3-7-18(20)21/h2,4,6,8,10-14H,3,5,7,9H2,1H3. The van der Waals surface area contributed by atoms with Crippen LogP contribution in [0.4, 0.5) is 4.39 Å². The van der Waals surface area contributed by atoms with Crippen molar-refractivity contribution in [3.8, 4) is 0 Å². The molecule has 0 radical (unpaired) electrons. The fourth-order valence-corrected chi connectivity index (χ4v) is 3.73. The number of ether oxygens (including phenoxy) is 1. The molecule has 1 heterocycles. The lowest BCUT2D eigenvalue weighted by Crippen LogP contribution is -2.26. The summed E-state index contributed by atoms with van der Waals surface area (Å²) in [6.07, 6.45) is 2.69. The van der Waals surface area contributed by atoms with E-state index in [4.69, 9.17) is 9.72 Å². The summed E-state index contributed by atoms with van der Waals surface area (Å²) in [7, 11) is 0. The molecule has 5 heteroatoms. The molecule has 0 spiro atoms. The first kappa shape index (κ1) is 18.3. The second-order valence-corrected chi connectivity index (χ2v) is 7.05. The number of aromatic nitrogens is 1. The molecular weight excluding hydrogens is 357 g/mol.